The number of hydrogen-bond donors (Lipinski definition) is 2. The fourth-order valence-corrected chi connectivity index (χ4v) is 2.59. The van der Waals surface area contributed by atoms with E-state index in [2.05, 4.69) is 20.7 Å². The number of aryl methyl sites for hydroxylation is 1. The summed E-state index contributed by atoms with van der Waals surface area (Å²) in [7, 11) is 0. The molecule has 7 heteroatoms. The van der Waals surface area contributed by atoms with Gasteiger partial charge in [0.05, 0.1) is 12.2 Å². The van der Waals surface area contributed by atoms with Gasteiger partial charge in [0.25, 0.3) is 5.91 Å². The van der Waals surface area contributed by atoms with E-state index in [1.165, 1.54) is 0 Å². The van der Waals surface area contributed by atoms with Crippen molar-refractivity contribution in [3.8, 4) is 0 Å². The minimum Gasteiger partial charge on any atom is -0.352 e. The number of benzene rings is 1. The second kappa shape index (κ2) is 8.75. The van der Waals surface area contributed by atoms with Gasteiger partial charge in [-0.3, -0.25) is 19.3 Å². The molecular formula is C20H21N5O2. The monoisotopic (exact) mass is 363 g/mol. The Labute approximate surface area is 157 Å². The molecule has 0 saturated carbocycles. The zero-order valence-corrected chi connectivity index (χ0v) is 15.1. The summed E-state index contributed by atoms with van der Waals surface area (Å²) < 4.78 is 1.71. The van der Waals surface area contributed by atoms with Crippen LogP contribution in [-0.4, -0.2) is 33.1 Å². The molecule has 2 aromatic heterocycles. The van der Waals surface area contributed by atoms with Crippen LogP contribution < -0.4 is 10.6 Å². The molecule has 0 aliphatic rings. The Kier molecular flexibility index (Phi) is 5.94. The van der Waals surface area contributed by atoms with Crippen LogP contribution in [-0.2, 0) is 11.3 Å². The van der Waals surface area contributed by atoms with Crippen LogP contribution in [0, 0.1) is 6.92 Å². The molecular weight excluding hydrogens is 342 g/mol. The molecule has 0 bridgehead atoms. The SMILES string of the molecule is Cc1ccccc1C(=O)NCCC(=O)Nc1ccn(Cc2ccccn2)n1. The molecule has 3 rings (SSSR count). The Balaban J connectivity index is 1.44. The van der Waals surface area contributed by atoms with E-state index in [4.69, 9.17) is 0 Å². The maximum absolute atomic E-state index is 12.1. The number of carbonyl (C=O) groups excluding carboxylic acids is 2. The normalized spacial score (nSPS) is 10.4. The highest BCUT2D eigenvalue weighted by molar-refractivity contribution is 5.96. The van der Waals surface area contributed by atoms with Gasteiger partial charge in [0, 0.05) is 37.0 Å². The van der Waals surface area contributed by atoms with Crippen LogP contribution in [0.1, 0.15) is 28.0 Å². The molecule has 2 amide bonds. The van der Waals surface area contributed by atoms with Gasteiger partial charge in [-0.1, -0.05) is 24.3 Å². The van der Waals surface area contributed by atoms with Crippen molar-refractivity contribution >= 4 is 17.6 Å². The van der Waals surface area contributed by atoms with Gasteiger partial charge in [0.15, 0.2) is 5.82 Å². The summed E-state index contributed by atoms with van der Waals surface area (Å²) >= 11 is 0. The lowest BCUT2D eigenvalue weighted by Gasteiger charge is -2.07. The van der Waals surface area contributed by atoms with Crippen LogP contribution >= 0.6 is 0 Å². The molecule has 0 spiro atoms. The predicted molar refractivity (Wildman–Crippen MR) is 102 cm³/mol. The molecule has 1 aromatic carbocycles. The topological polar surface area (TPSA) is 88.9 Å². The third-order valence-electron chi connectivity index (χ3n) is 3.99. The van der Waals surface area contributed by atoms with E-state index >= 15 is 0 Å². The molecule has 0 atom stereocenters. The summed E-state index contributed by atoms with van der Waals surface area (Å²) in [5.74, 6) is 0.0878. The van der Waals surface area contributed by atoms with Crippen molar-refractivity contribution in [2.24, 2.45) is 0 Å². The van der Waals surface area contributed by atoms with Gasteiger partial charge in [-0.05, 0) is 30.7 Å². The van der Waals surface area contributed by atoms with Crippen molar-refractivity contribution in [3.05, 3.63) is 77.7 Å². The molecule has 0 saturated heterocycles. The number of amides is 2. The number of hydrogen-bond acceptors (Lipinski definition) is 4. The number of anilines is 1. The first-order valence-electron chi connectivity index (χ1n) is 8.69. The molecule has 2 N–H and O–H groups in total. The predicted octanol–water partition coefficient (Wildman–Crippen LogP) is 2.39. The Morgan fingerprint density at radius 2 is 1.89 bits per heavy atom. The van der Waals surface area contributed by atoms with Crippen LogP contribution in [0.2, 0.25) is 0 Å². The maximum Gasteiger partial charge on any atom is 0.251 e. The molecule has 27 heavy (non-hydrogen) atoms. The largest absolute Gasteiger partial charge is 0.352 e. The highest BCUT2D eigenvalue weighted by atomic mass is 16.2. The highest BCUT2D eigenvalue weighted by Crippen LogP contribution is 2.07. The van der Waals surface area contributed by atoms with Crippen molar-refractivity contribution in [2.45, 2.75) is 19.9 Å². The van der Waals surface area contributed by atoms with Crippen LogP contribution in [0.3, 0.4) is 0 Å². The van der Waals surface area contributed by atoms with Crippen LogP contribution in [0.25, 0.3) is 0 Å². The summed E-state index contributed by atoms with van der Waals surface area (Å²) in [5.41, 5.74) is 2.40. The molecule has 0 aliphatic carbocycles. The summed E-state index contributed by atoms with van der Waals surface area (Å²) in [6, 6.07) is 14.8. The van der Waals surface area contributed by atoms with Crippen molar-refractivity contribution in [3.63, 3.8) is 0 Å². The smallest absolute Gasteiger partial charge is 0.251 e. The Hall–Kier alpha value is -3.48. The van der Waals surface area contributed by atoms with Crippen molar-refractivity contribution < 1.29 is 9.59 Å². The summed E-state index contributed by atoms with van der Waals surface area (Å²) in [5, 5.41) is 9.80. The Morgan fingerprint density at radius 3 is 2.67 bits per heavy atom. The summed E-state index contributed by atoms with van der Waals surface area (Å²) in [6.45, 7) is 2.67. The molecule has 0 fully saturated rings. The molecule has 3 aromatic rings. The zero-order valence-electron chi connectivity index (χ0n) is 15.1. The first-order valence-corrected chi connectivity index (χ1v) is 8.69. The first-order chi connectivity index (χ1) is 13.1. The highest BCUT2D eigenvalue weighted by Gasteiger charge is 2.10. The number of rotatable bonds is 7. The second-order valence-corrected chi connectivity index (χ2v) is 6.09. The van der Waals surface area contributed by atoms with Crippen LogP contribution in [0.4, 0.5) is 5.82 Å². The fraction of sp³-hybridized carbons (Fsp3) is 0.200. The number of carbonyl (C=O) groups is 2. The van der Waals surface area contributed by atoms with E-state index in [9.17, 15) is 9.59 Å². The Morgan fingerprint density at radius 1 is 1.07 bits per heavy atom. The molecule has 0 radical (unpaired) electrons. The quantitative estimate of drug-likeness (QED) is 0.675. The van der Waals surface area contributed by atoms with Gasteiger partial charge in [0.1, 0.15) is 0 Å². The molecule has 2 heterocycles. The van der Waals surface area contributed by atoms with E-state index in [0.717, 1.165) is 11.3 Å². The number of aromatic nitrogens is 3. The number of nitrogens with zero attached hydrogens (tertiary/aromatic N) is 3. The maximum atomic E-state index is 12.1. The van der Waals surface area contributed by atoms with E-state index in [1.807, 2.05) is 43.3 Å². The van der Waals surface area contributed by atoms with Crippen molar-refractivity contribution in [1.29, 1.82) is 0 Å². The number of pyridine rings is 1. The molecule has 138 valence electrons. The molecule has 0 aliphatic heterocycles. The van der Waals surface area contributed by atoms with Gasteiger partial charge in [-0.25, -0.2) is 0 Å². The van der Waals surface area contributed by atoms with Gasteiger partial charge in [-0.2, -0.15) is 5.10 Å². The fourth-order valence-electron chi connectivity index (χ4n) is 2.59. The molecule has 7 nitrogen and oxygen atoms in total. The van der Waals surface area contributed by atoms with Gasteiger partial charge in [0.2, 0.25) is 5.91 Å². The van der Waals surface area contributed by atoms with Crippen molar-refractivity contribution in [1.82, 2.24) is 20.1 Å². The van der Waals surface area contributed by atoms with E-state index in [-0.39, 0.29) is 24.8 Å². The lowest BCUT2D eigenvalue weighted by Crippen LogP contribution is -2.28. The standard InChI is InChI=1S/C20H21N5O2/c1-15-6-2-3-8-17(15)20(27)22-12-9-19(26)23-18-10-13-25(24-18)14-16-7-4-5-11-21-16/h2-8,10-11,13H,9,12,14H2,1H3,(H,22,27)(H,23,24,26). The lowest BCUT2D eigenvalue weighted by molar-refractivity contribution is -0.116. The minimum atomic E-state index is -0.205. The van der Waals surface area contributed by atoms with E-state index < -0.39 is 0 Å². The van der Waals surface area contributed by atoms with Crippen LogP contribution in [0.5, 0.6) is 0 Å². The number of nitrogens with one attached hydrogen (secondary N) is 2. The average molecular weight is 363 g/mol. The van der Waals surface area contributed by atoms with E-state index in [0.29, 0.717) is 17.9 Å². The summed E-state index contributed by atoms with van der Waals surface area (Å²) in [6.07, 6.45) is 3.68. The van der Waals surface area contributed by atoms with Crippen molar-refractivity contribution in [2.75, 3.05) is 11.9 Å². The van der Waals surface area contributed by atoms with Gasteiger partial charge < -0.3 is 10.6 Å². The summed E-state index contributed by atoms with van der Waals surface area (Å²) in [4.78, 5) is 28.4. The average Bonchev–Trinajstić information content (AvgIpc) is 3.09. The second-order valence-electron chi connectivity index (χ2n) is 6.09. The third kappa shape index (κ3) is 5.24. The van der Waals surface area contributed by atoms with Gasteiger partial charge >= 0.3 is 0 Å². The van der Waals surface area contributed by atoms with Crippen LogP contribution in [0.15, 0.2) is 60.9 Å². The first kappa shape index (κ1) is 18.3. The lowest BCUT2D eigenvalue weighted by atomic mass is 10.1. The van der Waals surface area contributed by atoms with Gasteiger partial charge in [-0.15, -0.1) is 0 Å². The van der Waals surface area contributed by atoms with E-state index in [1.54, 1.807) is 29.2 Å². The Bertz CT molecular complexity index is 921. The minimum absolute atomic E-state index is 0.171. The third-order valence-corrected chi connectivity index (χ3v) is 3.99. The molecule has 0 unspecified atom stereocenters. The zero-order chi connectivity index (χ0) is 19.1.